The second kappa shape index (κ2) is 9.50. The minimum absolute atomic E-state index is 0.00806. The molecular formula is C23H33F2NO. The van der Waals surface area contributed by atoms with Crippen molar-refractivity contribution >= 4 is 5.57 Å². The number of benzene rings is 1. The molecular weight excluding hydrogens is 344 g/mol. The molecule has 1 atom stereocenters. The normalized spacial score (nSPS) is 17.9. The number of aliphatic hydroxyl groups is 1. The summed E-state index contributed by atoms with van der Waals surface area (Å²) in [6.07, 6.45) is 6.08. The van der Waals surface area contributed by atoms with Crippen molar-refractivity contribution in [3.63, 3.8) is 0 Å². The maximum absolute atomic E-state index is 14.7. The summed E-state index contributed by atoms with van der Waals surface area (Å²) in [7, 11) is 0. The van der Waals surface area contributed by atoms with Crippen molar-refractivity contribution in [2.75, 3.05) is 6.73 Å². The smallest absolute Gasteiger partial charge is 0.133 e. The predicted octanol–water partition coefficient (Wildman–Crippen LogP) is 6.13. The summed E-state index contributed by atoms with van der Waals surface area (Å²) in [6, 6.07) is 3.83. The molecule has 1 aromatic carbocycles. The van der Waals surface area contributed by atoms with Gasteiger partial charge in [-0.15, -0.1) is 0 Å². The molecule has 0 aromatic heterocycles. The first kappa shape index (κ1) is 21.6. The molecule has 0 aliphatic carbocycles. The number of hydrogen-bond acceptors (Lipinski definition) is 2. The summed E-state index contributed by atoms with van der Waals surface area (Å²) in [6.45, 7) is 10.5. The predicted molar refractivity (Wildman–Crippen MR) is 108 cm³/mol. The van der Waals surface area contributed by atoms with Crippen LogP contribution in [-0.2, 0) is 0 Å². The highest BCUT2D eigenvalue weighted by Gasteiger charge is 2.33. The summed E-state index contributed by atoms with van der Waals surface area (Å²) in [4.78, 5) is 2.04. The summed E-state index contributed by atoms with van der Waals surface area (Å²) in [5, 5.41) is 10.1. The Morgan fingerprint density at radius 2 is 1.81 bits per heavy atom. The lowest BCUT2D eigenvalue weighted by Crippen LogP contribution is -2.44. The molecule has 2 rings (SSSR count). The molecule has 1 unspecified atom stereocenters. The minimum Gasteiger partial charge on any atom is -0.376 e. The van der Waals surface area contributed by atoms with Gasteiger partial charge in [-0.05, 0) is 54.0 Å². The molecule has 0 spiro atoms. The molecule has 1 aliphatic rings. The fraction of sp³-hybridized carbons (Fsp3) is 0.565. The van der Waals surface area contributed by atoms with E-state index < -0.39 is 11.6 Å². The van der Waals surface area contributed by atoms with Crippen LogP contribution in [0.15, 0.2) is 35.5 Å². The number of aliphatic hydroxyl groups excluding tert-OH is 1. The average molecular weight is 378 g/mol. The van der Waals surface area contributed by atoms with E-state index in [2.05, 4.69) is 34.6 Å². The topological polar surface area (TPSA) is 23.5 Å². The van der Waals surface area contributed by atoms with E-state index >= 15 is 0 Å². The van der Waals surface area contributed by atoms with E-state index in [1.54, 1.807) is 6.07 Å². The van der Waals surface area contributed by atoms with E-state index in [1.807, 2.05) is 11.0 Å². The van der Waals surface area contributed by atoms with Gasteiger partial charge in [0, 0.05) is 17.3 Å². The molecule has 0 bridgehead atoms. The van der Waals surface area contributed by atoms with E-state index in [0.29, 0.717) is 5.56 Å². The third-order valence-electron chi connectivity index (χ3n) is 5.31. The van der Waals surface area contributed by atoms with Crippen LogP contribution >= 0.6 is 0 Å². The summed E-state index contributed by atoms with van der Waals surface area (Å²) < 4.78 is 28.1. The molecule has 1 heterocycles. The Labute approximate surface area is 162 Å². The van der Waals surface area contributed by atoms with Crippen LogP contribution in [0.3, 0.4) is 0 Å². The van der Waals surface area contributed by atoms with Crippen molar-refractivity contribution < 1.29 is 13.9 Å². The zero-order valence-corrected chi connectivity index (χ0v) is 17.2. The van der Waals surface area contributed by atoms with Gasteiger partial charge in [0.2, 0.25) is 0 Å². The SMILES string of the molecule is CCCCCC1=C(c2ccc(F)cc2F)C=C(C(C)C)N(CO)C1C(C)C. The van der Waals surface area contributed by atoms with Gasteiger partial charge in [0.1, 0.15) is 18.4 Å². The van der Waals surface area contributed by atoms with E-state index in [1.165, 1.54) is 6.07 Å². The van der Waals surface area contributed by atoms with Gasteiger partial charge in [-0.3, -0.25) is 0 Å². The molecule has 0 saturated heterocycles. The van der Waals surface area contributed by atoms with Crippen LogP contribution in [0.25, 0.3) is 5.57 Å². The largest absolute Gasteiger partial charge is 0.376 e. The van der Waals surface area contributed by atoms with Gasteiger partial charge in [-0.2, -0.15) is 0 Å². The van der Waals surface area contributed by atoms with Gasteiger partial charge < -0.3 is 10.0 Å². The van der Waals surface area contributed by atoms with Crippen molar-refractivity contribution in [3.05, 3.63) is 52.7 Å². The third-order valence-corrected chi connectivity index (χ3v) is 5.31. The van der Waals surface area contributed by atoms with Crippen molar-refractivity contribution in [1.29, 1.82) is 0 Å². The highest BCUT2D eigenvalue weighted by Crippen LogP contribution is 2.40. The van der Waals surface area contributed by atoms with E-state index in [0.717, 1.165) is 48.6 Å². The maximum atomic E-state index is 14.7. The first-order valence-corrected chi connectivity index (χ1v) is 10.1. The quantitative estimate of drug-likeness (QED) is 0.551. The Hall–Kier alpha value is -1.68. The minimum atomic E-state index is -0.564. The number of rotatable bonds is 8. The van der Waals surface area contributed by atoms with Gasteiger partial charge in [0.25, 0.3) is 0 Å². The Balaban J connectivity index is 2.68. The molecule has 1 N–H and O–H groups in total. The lowest BCUT2D eigenvalue weighted by Gasteiger charge is -2.43. The van der Waals surface area contributed by atoms with E-state index in [-0.39, 0.29) is 24.6 Å². The third kappa shape index (κ3) is 4.78. The molecule has 0 radical (unpaired) electrons. The Morgan fingerprint density at radius 3 is 2.33 bits per heavy atom. The Morgan fingerprint density at radius 1 is 1.11 bits per heavy atom. The fourth-order valence-corrected chi connectivity index (χ4v) is 4.07. The summed E-state index contributed by atoms with van der Waals surface area (Å²) >= 11 is 0. The fourth-order valence-electron chi connectivity index (χ4n) is 4.07. The number of halogens is 2. The first-order chi connectivity index (χ1) is 12.8. The van der Waals surface area contributed by atoms with Gasteiger partial charge in [-0.1, -0.05) is 47.5 Å². The van der Waals surface area contributed by atoms with Crippen LogP contribution in [0.5, 0.6) is 0 Å². The Bertz CT molecular complexity index is 706. The Kier molecular flexibility index (Phi) is 7.60. The van der Waals surface area contributed by atoms with Crippen molar-refractivity contribution in [2.45, 2.75) is 66.3 Å². The van der Waals surface area contributed by atoms with Crippen LogP contribution in [-0.4, -0.2) is 22.8 Å². The number of hydrogen-bond donors (Lipinski definition) is 1. The zero-order chi connectivity index (χ0) is 20.1. The van der Waals surface area contributed by atoms with Gasteiger partial charge in [0.15, 0.2) is 0 Å². The molecule has 1 aromatic rings. The lowest BCUT2D eigenvalue weighted by atomic mass is 9.80. The number of unbranched alkanes of at least 4 members (excludes halogenated alkanes) is 2. The standard InChI is InChI=1S/C23H33F2NO/c1-6-7-8-9-19-20(18-11-10-17(24)12-21(18)25)13-22(15(2)3)26(14-27)23(19)16(4)5/h10-13,15-16,23,27H,6-9,14H2,1-5H3. The maximum Gasteiger partial charge on any atom is 0.133 e. The van der Waals surface area contributed by atoms with Gasteiger partial charge in [0.05, 0.1) is 6.04 Å². The molecule has 1 aliphatic heterocycles. The van der Waals surface area contributed by atoms with E-state index in [4.69, 9.17) is 0 Å². The molecule has 0 fully saturated rings. The van der Waals surface area contributed by atoms with Gasteiger partial charge >= 0.3 is 0 Å². The van der Waals surface area contributed by atoms with Gasteiger partial charge in [-0.25, -0.2) is 8.78 Å². The zero-order valence-electron chi connectivity index (χ0n) is 17.2. The van der Waals surface area contributed by atoms with Crippen LogP contribution in [0.2, 0.25) is 0 Å². The van der Waals surface area contributed by atoms with E-state index in [9.17, 15) is 13.9 Å². The van der Waals surface area contributed by atoms with Crippen LogP contribution in [0, 0.1) is 23.5 Å². The molecule has 4 heteroatoms. The lowest BCUT2D eigenvalue weighted by molar-refractivity contribution is 0.0827. The summed E-state index contributed by atoms with van der Waals surface area (Å²) in [5.74, 6) is -0.646. The molecule has 0 saturated carbocycles. The van der Waals surface area contributed by atoms with Crippen LogP contribution in [0.1, 0.15) is 65.9 Å². The molecule has 150 valence electrons. The van der Waals surface area contributed by atoms with Crippen molar-refractivity contribution in [3.8, 4) is 0 Å². The summed E-state index contributed by atoms with van der Waals surface area (Å²) in [5.41, 5.74) is 3.44. The molecule has 2 nitrogen and oxygen atoms in total. The first-order valence-electron chi connectivity index (χ1n) is 10.1. The average Bonchev–Trinajstić information content (AvgIpc) is 2.60. The monoisotopic (exact) mass is 377 g/mol. The highest BCUT2D eigenvalue weighted by molar-refractivity contribution is 5.79. The number of allylic oxidation sites excluding steroid dienone is 3. The van der Waals surface area contributed by atoms with Crippen molar-refractivity contribution in [1.82, 2.24) is 4.90 Å². The molecule has 27 heavy (non-hydrogen) atoms. The second-order valence-corrected chi connectivity index (χ2v) is 8.04. The second-order valence-electron chi connectivity index (χ2n) is 8.04. The highest BCUT2D eigenvalue weighted by atomic mass is 19.1. The van der Waals surface area contributed by atoms with Crippen LogP contribution in [0.4, 0.5) is 8.78 Å². The van der Waals surface area contributed by atoms with Crippen LogP contribution < -0.4 is 0 Å². The molecule has 0 amide bonds. The van der Waals surface area contributed by atoms with Crippen molar-refractivity contribution in [2.24, 2.45) is 11.8 Å². The number of nitrogens with zero attached hydrogens (tertiary/aromatic N) is 1.